The number of hydrogen-bond acceptors (Lipinski definition) is 6. The number of sulfonamides is 1. The van der Waals surface area contributed by atoms with Gasteiger partial charge in [-0.1, -0.05) is 0 Å². The van der Waals surface area contributed by atoms with E-state index in [1.807, 2.05) is 0 Å². The number of rotatable bonds is 6. The van der Waals surface area contributed by atoms with Crippen LogP contribution in [0.25, 0.3) is 5.69 Å². The van der Waals surface area contributed by atoms with Crippen molar-refractivity contribution in [3.05, 3.63) is 65.7 Å². The Morgan fingerprint density at radius 1 is 1.15 bits per heavy atom. The van der Waals surface area contributed by atoms with E-state index in [1.165, 1.54) is 46.6 Å². The molecule has 3 aromatic rings. The van der Waals surface area contributed by atoms with Crippen LogP contribution in [-0.4, -0.2) is 61.8 Å². The molecule has 1 amide bonds. The molecule has 1 saturated heterocycles. The number of morpholine rings is 1. The second-order valence-electron chi connectivity index (χ2n) is 7.37. The molecular formula is C22H23FN4O5S. The third-order valence-corrected chi connectivity index (χ3v) is 7.25. The van der Waals surface area contributed by atoms with Crippen molar-refractivity contribution in [1.82, 2.24) is 14.1 Å². The third kappa shape index (κ3) is 4.61. The zero-order valence-corrected chi connectivity index (χ0v) is 18.9. The number of nitrogens with one attached hydrogen (secondary N) is 1. The van der Waals surface area contributed by atoms with Gasteiger partial charge in [0.05, 0.1) is 43.5 Å². The Labute approximate surface area is 190 Å². The van der Waals surface area contributed by atoms with E-state index in [1.54, 1.807) is 25.1 Å². The second-order valence-corrected chi connectivity index (χ2v) is 9.27. The molecule has 1 N–H and O–H groups in total. The lowest BCUT2D eigenvalue weighted by molar-refractivity contribution is 0.0729. The Morgan fingerprint density at radius 2 is 1.85 bits per heavy atom. The number of nitrogens with zero attached hydrogens (tertiary/aromatic N) is 3. The molecule has 1 aliphatic rings. The molecule has 0 unspecified atom stereocenters. The molecule has 0 saturated carbocycles. The largest absolute Gasteiger partial charge is 0.495 e. The third-order valence-electron chi connectivity index (χ3n) is 5.33. The fourth-order valence-corrected chi connectivity index (χ4v) is 5.15. The van der Waals surface area contributed by atoms with Crippen molar-refractivity contribution < 1.29 is 27.1 Å². The highest BCUT2D eigenvalue weighted by atomic mass is 32.2. The van der Waals surface area contributed by atoms with E-state index in [-0.39, 0.29) is 29.6 Å². The number of halogens is 1. The van der Waals surface area contributed by atoms with Gasteiger partial charge in [-0.05, 0) is 49.4 Å². The number of ether oxygens (including phenoxy) is 2. The van der Waals surface area contributed by atoms with Crippen LogP contribution < -0.4 is 10.1 Å². The quantitative estimate of drug-likeness (QED) is 0.589. The summed E-state index contributed by atoms with van der Waals surface area (Å²) in [6.07, 6.45) is 1.41. The summed E-state index contributed by atoms with van der Waals surface area (Å²) in [5.41, 5.74) is 1.75. The summed E-state index contributed by atoms with van der Waals surface area (Å²) in [5.74, 6) is -0.649. The topological polar surface area (TPSA) is 103 Å². The number of benzene rings is 2. The molecule has 9 nitrogen and oxygen atoms in total. The Morgan fingerprint density at radius 3 is 2.52 bits per heavy atom. The summed E-state index contributed by atoms with van der Waals surface area (Å²) in [7, 11) is -2.45. The Hall–Kier alpha value is -3.28. The normalized spacial score (nSPS) is 14.8. The van der Waals surface area contributed by atoms with Gasteiger partial charge in [0.25, 0.3) is 5.91 Å². The molecule has 174 valence electrons. The average molecular weight is 475 g/mol. The zero-order valence-electron chi connectivity index (χ0n) is 18.1. The van der Waals surface area contributed by atoms with Gasteiger partial charge in [0, 0.05) is 18.8 Å². The van der Waals surface area contributed by atoms with Crippen LogP contribution in [0.4, 0.5) is 10.1 Å². The van der Waals surface area contributed by atoms with Gasteiger partial charge >= 0.3 is 0 Å². The second kappa shape index (κ2) is 9.30. The first kappa shape index (κ1) is 22.9. The first-order chi connectivity index (χ1) is 15.8. The molecule has 1 aromatic heterocycles. The molecule has 0 aliphatic carbocycles. The number of hydrogen-bond donors (Lipinski definition) is 1. The van der Waals surface area contributed by atoms with Crippen LogP contribution in [0.3, 0.4) is 0 Å². The lowest BCUT2D eigenvalue weighted by Gasteiger charge is -2.26. The van der Waals surface area contributed by atoms with Crippen LogP contribution >= 0.6 is 0 Å². The van der Waals surface area contributed by atoms with Gasteiger partial charge in [-0.2, -0.15) is 9.40 Å². The van der Waals surface area contributed by atoms with E-state index in [9.17, 15) is 17.6 Å². The van der Waals surface area contributed by atoms with E-state index in [0.717, 1.165) is 0 Å². The maximum atomic E-state index is 13.2. The van der Waals surface area contributed by atoms with Gasteiger partial charge in [0.2, 0.25) is 10.0 Å². The minimum Gasteiger partial charge on any atom is -0.495 e. The molecule has 0 radical (unpaired) electrons. The first-order valence-electron chi connectivity index (χ1n) is 10.2. The van der Waals surface area contributed by atoms with Crippen molar-refractivity contribution in [2.45, 2.75) is 11.8 Å². The van der Waals surface area contributed by atoms with Crippen LogP contribution in [-0.2, 0) is 14.8 Å². The molecule has 1 aliphatic heterocycles. The van der Waals surface area contributed by atoms with Gasteiger partial charge in [0.1, 0.15) is 16.5 Å². The van der Waals surface area contributed by atoms with Gasteiger partial charge < -0.3 is 14.8 Å². The summed E-state index contributed by atoms with van der Waals surface area (Å²) in [4.78, 5) is 12.9. The van der Waals surface area contributed by atoms with Crippen molar-refractivity contribution in [3.63, 3.8) is 0 Å². The smallest absolute Gasteiger partial charge is 0.259 e. The van der Waals surface area contributed by atoms with Crippen molar-refractivity contribution >= 4 is 21.6 Å². The Balaban J connectivity index is 1.60. The van der Waals surface area contributed by atoms with Crippen molar-refractivity contribution in [1.29, 1.82) is 0 Å². The number of anilines is 1. The highest BCUT2D eigenvalue weighted by Crippen LogP contribution is 2.30. The highest BCUT2D eigenvalue weighted by molar-refractivity contribution is 7.89. The monoisotopic (exact) mass is 474 g/mol. The summed E-state index contributed by atoms with van der Waals surface area (Å²) in [5, 5.41) is 6.95. The first-order valence-corrected chi connectivity index (χ1v) is 11.6. The number of methoxy groups -OCH3 is 1. The zero-order chi connectivity index (χ0) is 23.6. The predicted octanol–water partition coefficient (Wildman–Crippen LogP) is 2.60. The van der Waals surface area contributed by atoms with E-state index >= 15 is 0 Å². The molecule has 11 heteroatoms. The average Bonchev–Trinajstić information content (AvgIpc) is 3.21. The SMILES string of the molecule is COc1ccc(NC(=O)c2cnn(-c3ccc(F)cc3)c2C)cc1S(=O)(=O)N1CCOCC1. The van der Waals surface area contributed by atoms with Crippen molar-refractivity contribution in [2.75, 3.05) is 38.7 Å². The molecule has 0 atom stereocenters. The van der Waals surface area contributed by atoms with Crippen LogP contribution in [0.2, 0.25) is 0 Å². The molecule has 2 heterocycles. The molecular weight excluding hydrogens is 451 g/mol. The van der Waals surface area contributed by atoms with Gasteiger partial charge in [0.15, 0.2) is 0 Å². The predicted molar refractivity (Wildman–Crippen MR) is 119 cm³/mol. The minimum absolute atomic E-state index is 0.0385. The van der Waals surface area contributed by atoms with E-state index in [0.29, 0.717) is 35.8 Å². The molecule has 0 bridgehead atoms. The van der Waals surface area contributed by atoms with E-state index < -0.39 is 15.9 Å². The van der Waals surface area contributed by atoms with Gasteiger partial charge in [-0.25, -0.2) is 17.5 Å². The minimum atomic E-state index is -3.84. The fraction of sp³-hybridized carbons (Fsp3) is 0.273. The standard InChI is InChI=1S/C22H23FN4O5S/c1-15-19(14-24-27(15)18-6-3-16(23)4-7-18)22(28)25-17-5-8-20(31-2)21(13-17)33(29,30)26-9-11-32-12-10-26/h3-8,13-14H,9-12H2,1-2H3,(H,25,28). The number of carbonyl (C=O) groups excluding carboxylic acids is 1. The van der Waals surface area contributed by atoms with Gasteiger partial charge in [-0.15, -0.1) is 0 Å². The summed E-state index contributed by atoms with van der Waals surface area (Å²) in [6, 6.07) is 10.2. The van der Waals surface area contributed by atoms with Gasteiger partial charge in [-0.3, -0.25) is 4.79 Å². The maximum absolute atomic E-state index is 13.2. The van der Waals surface area contributed by atoms with Crippen molar-refractivity contribution in [3.8, 4) is 11.4 Å². The summed E-state index contributed by atoms with van der Waals surface area (Å²) in [6.45, 7) is 2.83. The van der Waals surface area contributed by atoms with E-state index in [4.69, 9.17) is 9.47 Å². The fourth-order valence-electron chi connectivity index (χ4n) is 3.56. The molecule has 0 spiro atoms. The van der Waals surface area contributed by atoms with Crippen LogP contribution in [0.15, 0.2) is 53.6 Å². The number of amides is 1. The Bertz CT molecular complexity index is 1270. The molecule has 33 heavy (non-hydrogen) atoms. The molecule has 4 rings (SSSR count). The van der Waals surface area contributed by atoms with Crippen LogP contribution in [0.5, 0.6) is 5.75 Å². The number of carbonyl (C=O) groups is 1. The highest BCUT2D eigenvalue weighted by Gasteiger charge is 2.30. The Kier molecular flexibility index (Phi) is 6.45. The maximum Gasteiger partial charge on any atom is 0.259 e. The van der Waals surface area contributed by atoms with Crippen LogP contribution in [0.1, 0.15) is 16.1 Å². The number of aromatic nitrogens is 2. The molecule has 1 fully saturated rings. The van der Waals surface area contributed by atoms with Crippen molar-refractivity contribution in [2.24, 2.45) is 0 Å². The lowest BCUT2D eigenvalue weighted by atomic mass is 10.2. The van der Waals surface area contributed by atoms with Crippen LogP contribution in [0, 0.1) is 12.7 Å². The molecule has 2 aromatic carbocycles. The summed E-state index contributed by atoms with van der Waals surface area (Å²) < 4.78 is 52.9. The van der Waals surface area contributed by atoms with E-state index in [2.05, 4.69) is 10.4 Å². The summed E-state index contributed by atoms with van der Waals surface area (Å²) >= 11 is 0. The lowest BCUT2D eigenvalue weighted by Crippen LogP contribution is -2.40.